The van der Waals surface area contributed by atoms with E-state index >= 15 is 0 Å². The van der Waals surface area contributed by atoms with Gasteiger partial charge in [0.2, 0.25) is 0 Å². The predicted octanol–water partition coefficient (Wildman–Crippen LogP) is 4.56. The second-order valence-corrected chi connectivity index (χ2v) is 7.53. The van der Waals surface area contributed by atoms with Gasteiger partial charge in [0.05, 0.1) is 17.8 Å². The minimum Gasteiger partial charge on any atom is -0.494 e. The van der Waals surface area contributed by atoms with Gasteiger partial charge in [-0.05, 0) is 79.4 Å². The normalized spacial score (nSPS) is 15.5. The van der Waals surface area contributed by atoms with E-state index in [-0.39, 0.29) is 5.54 Å². The lowest BCUT2D eigenvalue weighted by Gasteiger charge is -2.30. The number of aryl methyl sites for hydroxylation is 2. The fourth-order valence-electron chi connectivity index (χ4n) is 4.24. The van der Waals surface area contributed by atoms with Gasteiger partial charge in [0.25, 0.3) is 0 Å². The van der Waals surface area contributed by atoms with Crippen LogP contribution in [0, 0.1) is 13.8 Å². The number of hydrogen-bond acceptors (Lipinski definition) is 5. The number of rotatable bonds is 6. The van der Waals surface area contributed by atoms with Crippen LogP contribution in [0.1, 0.15) is 49.6 Å². The van der Waals surface area contributed by atoms with Crippen LogP contribution in [0.15, 0.2) is 42.5 Å². The van der Waals surface area contributed by atoms with Crippen LogP contribution in [0.5, 0.6) is 5.75 Å². The van der Waals surface area contributed by atoms with E-state index in [1.165, 1.54) is 11.1 Å². The molecule has 1 saturated carbocycles. The second kappa shape index (κ2) is 7.62. The van der Waals surface area contributed by atoms with E-state index < -0.39 is 0 Å². The largest absolute Gasteiger partial charge is 0.494 e. The number of tetrazole rings is 1. The Morgan fingerprint density at radius 3 is 2.36 bits per heavy atom. The fraction of sp³-hybridized carbons (Fsp3) is 0.409. The van der Waals surface area contributed by atoms with Crippen molar-refractivity contribution >= 4 is 5.69 Å². The summed E-state index contributed by atoms with van der Waals surface area (Å²) in [4.78, 5) is 0. The zero-order chi connectivity index (χ0) is 19.6. The van der Waals surface area contributed by atoms with Crippen molar-refractivity contribution in [2.24, 2.45) is 0 Å². The molecule has 0 saturated heterocycles. The average Bonchev–Trinajstić information content (AvgIpc) is 3.34. The maximum atomic E-state index is 5.57. The number of para-hydroxylation sites is 1. The molecule has 0 radical (unpaired) electrons. The second-order valence-electron chi connectivity index (χ2n) is 7.53. The number of anilines is 1. The maximum absolute atomic E-state index is 5.57. The summed E-state index contributed by atoms with van der Waals surface area (Å²) in [6, 6.07) is 14.4. The molecule has 28 heavy (non-hydrogen) atoms. The van der Waals surface area contributed by atoms with Gasteiger partial charge in [-0.25, -0.2) is 0 Å². The highest BCUT2D eigenvalue weighted by Crippen LogP contribution is 2.41. The van der Waals surface area contributed by atoms with E-state index in [1.54, 1.807) is 0 Å². The first-order valence-corrected chi connectivity index (χ1v) is 9.99. The Morgan fingerprint density at radius 1 is 1.04 bits per heavy atom. The molecule has 1 heterocycles. The zero-order valence-corrected chi connectivity index (χ0v) is 16.8. The van der Waals surface area contributed by atoms with E-state index in [9.17, 15) is 0 Å². The summed E-state index contributed by atoms with van der Waals surface area (Å²) in [6.45, 7) is 6.87. The Balaban J connectivity index is 1.72. The Hall–Kier alpha value is -2.89. The Morgan fingerprint density at radius 2 is 1.71 bits per heavy atom. The van der Waals surface area contributed by atoms with Crippen molar-refractivity contribution in [3.63, 3.8) is 0 Å². The third-order valence-electron chi connectivity index (χ3n) is 5.55. The van der Waals surface area contributed by atoms with Crippen LogP contribution in [-0.4, -0.2) is 26.8 Å². The Kier molecular flexibility index (Phi) is 5.03. The number of benzene rings is 2. The van der Waals surface area contributed by atoms with Crippen molar-refractivity contribution in [1.82, 2.24) is 20.2 Å². The molecule has 0 spiro atoms. The molecule has 4 rings (SSSR count). The number of hydrogen-bond donors (Lipinski definition) is 1. The van der Waals surface area contributed by atoms with Crippen molar-refractivity contribution < 1.29 is 4.74 Å². The highest BCUT2D eigenvalue weighted by Gasteiger charge is 2.41. The lowest BCUT2D eigenvalue weighted by molar-refractivity contribution is 0.340. The fourth-order valence-corrected chi connectivity index (χ4v) is 4.24. The standard InChI is InChI=1S/C22H27N5O/c1-4-28-19-12-10-18(11-13-19)23-22(14-5-6-15-22)21-24-25-26-27(21)20-16(2)8-7-9-17(20)3/h7-13,23H,4-6,14-15H2,1-3H3. The van der Waals surface area contributed by atoms with Crippen LogP contribution in [0.2, 0.25) is 0 Å². The number of nitrogens with zero attached hydrogens (tertiary/aromatic N) is 4. The van der Waals surface area contributed by atoms with Crippen LogP contribution in [0.25, 0.3) is 5.69 Å². The van der Waals surface area contributed by atoms with Crippen molar-refractivity contribution in [2.45, 2.75) is 52.0 Å². The van der Waals surface area contributed by atoms with Crippen LogP contribution >= 0.6 is 0 Å². The van der Waals surface area contributed by atoms with Gasteiger partial charge < -0.3 is 10.1 Å². The molecular formula is C22H27N5O. The summed E-state index contributed by atoms with van der Waals surface area (Å²) in [5.74, 6) is 1.77. The van der Waals surface area contributed by atoms with Crippen molar-refractivity contribution in [3.8, 4) is 11.4 Å². The topological polar surface area (TPSA) is 64.9 Å². The first-order chi connectivity index (χ1) is 13.6. The summed E-state index contributed by atoms with van der Waals surface area (Å²) in [6.07, 6.45) is 4.32. The molecular weight excluding hydrogens is 350 g/mol. The van der Waals surface area contributed by atoms with E-state index in [4.69, 9.17) is 4.74 Å². The van der Waals surface area contributed by atoms with Gasteiger partial charge in [-0.3, -0.25) is 0 Å². The quantitative estimate of drug-likeness (QED) is 0.682. The van der Waals surface area contributed by atoms with Crippen LogP contribution in [0.4, 0.5) is 5.69 Å². The third-order valence-corrected chi connectivity index (χ3v) is 5.55. The minimum atomic E-state index is -0.272. The lowest BCUT2D eigenvalue weighted by Crippen LogP contribution is -2.35. The highest BCUT2D eigenvalue weighted by atomic mass is 16.5. The summed E-state index contributed by atoms with van der Waals surface area (Å²) in [7, 11) is 0. The summed E-state index contributed by atoms with van der Waals surface area (Å²) >= 11 is 0. The first kappa shape index (κ1) is 18.5. The van der Waals surface area contributed by atoms with Gasteiger partial charge in [0.15, 0.2) is 5.82 Å². The van der Waals surface area contributed by atoms with E-state index in [0.29, 0.717) is 6.61 Å². The smallest absolute Gasteiger partial charge is 0.181 e. The maximum Gasteiger partial charge on any atom is 0.181 e. The number of ether oxygens (including phenoxy) is 1. The van der Waals surface area contributed by atoms with Crippen molar-refractivity contribution in [2.75, 3.05) is 11.9 Å². The molecule has 146 valence electrons. The molecule has 6 heteroatoms. The van der Waals surface area contributed by atoms with E-state index in [1.807, 2.05) is 23.7 Å². The molecule has 2 aromatic carbocycles. The molecule has 0 unspecified atom stereocenters. The monoisotopic (exact) mass is 377 g/mol. The first-order valence-electron chi connectivity index (χ1n) is 9.99. The summed E-state index contributed by atoms with van der Waals surface area (Å²) < 4.78 is 7.50. The molecule has 0 atom stereocenters. The Labute approximate surface area is 165 Å². The van der Waals surface area contributed by atoms with Gasteiger partial charge in [-0.1, -0.05) is 31.0 Å². The molecule has 1 aromatic heterocycles. The lowest BCUT2D eigenvalue weighted by atomic mass is 9.95. The van der Waals surface area contributed by atoms with Gasteiger partial charge in [0.1, 0.15) is 5.75 Å². The van der Waals surface area contributed by atoms with E-state index in [2.05, 4.69) is 65.0 Å². The van der Waals surface area contributed by atoms with Crippen LogP contribution in [0.3, 0.4) is 0 Å². The highest BCUT2D eigenvalue weighted by molar-refractivity contribution is 5.51. The SMILES string of the molecule is CCOc1ccc(NC2(c3nnnn3-c3c(C)cccc3C)CCCC2)cc1. The van der Waals surface area contributed by atoms with Gasteiger partial charge >= 0.3 is 0 Å². The van der Waals surface area contributed by atoms with Crippen LogP contribution in [-0.2, 0) is 5.54 Å². The molecule has 1 aliphatic carbocycles. The molecule has 6 nitrogen and oxygen atoms in total. The molecule has 1 N–H and O–H groups in total. The zero-order valence-electron chi connectivity index (χ0n) is 16.8. The van der Waals surface area contributed by atoms with Crippen LogP contribution < -0.4 is 10.1 Å². The van der Waals surface area contributed by atoms with Gasteiger partial charge in [-0.2, -0.15) is 4.68 Å². The third kappa shape index (κ3) is 3.35. The summed E-state index contributed by atoms with van der Waals surface area (Å²) in [5.41, 5.74) is 4.19. The molecule has 1 aliphatic rings. The van der Waals surface area contributed by atoms with Gasteiger partial charge in [0, 0.05) is 5.69 Å². The molecule has 0 aliphatic heterocycles. The molecule has 3 aromatic rings. The van der Waals surface area contributed by atoms with Crippen molar-refractivity contribution in [3.05, 3.63) is 59.4 Å². The predicted molar refractivity (Wildman–Crippen MR) is 110 cm³/mol. The number of aromatic nitrogens is 4. The van der Waals surface area contributed by atoms with E-state index in [0.717, 1.165) is 48.6 Å². The Bertz CT molecular complexity index is 922. The minimum absolute atomic E-state index is 0.272. The molecule has 0 bridgehead atoms. The molecule has 1 fully saturated rings. The molecule has 0 amide bonds. The number of nitrogens with one attached hydrogen (secondary N) is 1. The average molecular weight is 377 g/mol. The summed E-state index contributed by atoms with van der Waals surface area (Å²) in [5, 5.41) is 16.7. The van der Waals surface area contributed by atoms with Gasteiger partial charge in [-0.15, -0.1) is 5.10 Å². The van der Waals surface area contributed by atoms with Crippen molar-refractivity contribution in [1.29, 1.82) is 0 Å².